The number of carbonyl (C=O) groups excluding carboxylic acids is 3. The van der Waals surface area contributed by atoms with Gasteiger partial charge in [-0.05, 0) is 55.5 Å². The lowest BCUT2D eigenvalue weighted by Crippen LogP contribution is -2.89. The zero-order valence-electron chi connectivity index (χ0n) is 25.6. The molecule has 6 rings (SSSR count). The molecule has 3 aliphatic heterocycles. The summed E-state index contributed by atoms with van der Waals surface area (Å²) in [5, 5.41) is 4.19. The molecule has 1 aromatic heterocycles. The first kappa shape index (κ1) is 31.8. The number of H-pyrrole nitrogens is 1. The number of fused-ring (bicyclic) bond motifs is 2. The smallest absolute Gasteiger partial charge is 0.268 e. The highest BCUT2D eigenvalue weighted by atomic mass is 35.5. The molecule has 3 amide bonds. The lowest BCUT2D eigenvalue weighted by molar-refractivity contribution is -0.209. The summed E-state index contributed by atoms with van der Waals surface area (Å²) in [6, 6.07) is 11.7. The highest BCUT2D eigenvalue weighted by molar-refractivity contribution is 7.89. The molecule has 0 saturated carbocycles. The number of likely N-dealkylation sites (tertiary alicyclic amines) is 2. The van der Waals surface area contributed by atoms with Crippen molar-refractivity contribution < 1.29 is 22.8 Å². The van der Waals surface area contributed by atoms with Gasteiger partial charge in [-0.2, -0.15) is 4.31 Å². The molecule has 3 saturated heterocycles. The molecule has 0 radical (unpaired) electrons. The minimum atomic E-state index is -4.06. The Balaban J connectivity index is 1.16. The number of sulfonamides is 1. The Morgan fingerprint density at radius 1 is 1.07 bits per heavy atom. The number of nitrogens with one attached hydrogen (secondary N) is 2. The van der Waals surface area contributed by atoms with Crippen LogP contribution in [0, 0.1) is 5.41 Å². The normalized spacial score (nSPS) is 24.4. The fourth-order valence-electron chi connectivity index (χ4n) is 6.84. The molecule has 3 fully saturated rings. The molecule has 4 heterocycles. The molecule has 45 heavy (non-hydrogen) atoms. The van der Waals surface area contributed by atoms with Gasteiger partial charge >= 0.3 is 0 Å². The van der Waals surface area contributed by atoms with E-state index in [0.717, 1.165) is 17.3 Å². The third kappa shape index (κ3) is 5.41. The average molecular weight is 675 g/mol. The quantitative estimate of drug-likeness (QED) is 0.394. The molecule has 240 valence electrons. The summed E-state index contributed by atoms with van der Waals surface area (Å²) in [4.78, 5) is 47.6. The van der Waals surface area contributed by atoms with Gasteiger partial charge < -0.3 is 20.1 Å². The number of piperidine rings is 1. The summed E-state index contributed by atoms with van der Waals surface area (Å²) in [5.41, 5.74) is 0.0108. The van der Waals surface area contributed by atoms with E-state index < -0.39 is 33.1 Å². The van der Waals surface area contributed by atoms with Crippen LogP contribution in [0.1, 0.15) is 57.4 Å². The van der Waals surface area contributed by atoms with Crippen LogP contribution in [0.4, 0.5) is 0 Å². The van der Waals surface area contributed by atoms with Crippen LogP contribution >= 0.6 is 23.2 Å². The number of aromatic nitrogens is 1. The first-order valence-corrected chi connectivity index (χ1v) is 17.3. The SMILES string of the molecule is CC(C)(C)[C@H](NC(=O)c1cc2ccccc2[nH]1)C(=O)N1C[C@H]2N(C(=O)C3CCCCN3S(=O)(=O)c3ccc(Cl)cc3Cl)C[C@]21C. The summed E-state index contributed by atoms with van der Waals surface area (Å²) in [6.07, 6.45) is 1.76. The third-order valence-electron chi connectivity index (χ3n) is 9.49. The maximum absolute atomic E-state index is 14.0. The van der Waals surface area contributed by atoms with Crippen molar-refractivity contribution in [2.75, 3.05) is 19.6 Å². The molecule has 4 atom stereocenters. The van der Waals surface area contributed by atoms with Crippen LogP contribution in [-0.2, 0) is 19.6 Å². The summed E-state index contributed by atoms with van der Waals surface area (Å²) >= 11 is 12.3. The number of hydrogen-bond acceptors (Lipinski definition) is 5. The van der Waals surface area contributed by atoms with Gasteiger partial charge in [-0.1, -0.05) is 68.6 Å². The van der Waals surface area contributed by atoms with Crippen molar-refractivity contribution in [2.45, 2.75) is 75.5 Å². The second kappa shape index (κ2) is 11.3. The van der Waals surface area contributed by atoms with Gasteiger partial charge in [-0.25, -0.2) is 8.42 Å². The summed E-state index contributed by atoms with van der Waals surface area (Å²) in [5.74, 6) is -0.846. The Hall–Kier alpha value is -3.12. The second-order valence-electron chi connectivity index (χ2n) is 13.5. The fraction of sp³-hybridized carbons (Fsp3) is 0.469. The highest BCUT2D eigenvalue weighted by Crippen LogP contribution is 2.46. The fourth-order valence-corrected chi connectivity index (χ4v) is 9.24. The van der Waals surface area contributed by atoms with E-state index in [1.807, 2.05) is 52.0 Å². The van der Waals surface area contributed by atoms with Crippen molar-refractivity contribution in [2.24, 2.45) is 5.41 Å². The molecule has 0 aliphatic carbocycles. The van der Waals surface area contributed by atoms with Crippen LogP contribution in [-0.4, -0.2) is 88.5 Å². The van der Waals surface area contributed by atoms with Crippen molar-refractivity contribution in [1.29, 1.82) is 0 Å². The average Bonchev–Trinajstić information content (AvgIpc) is 3.42. The lowest BCUT2D eigenvalue weighted by Gasteiger charge is -2.70. The first-order valence-electron chi connectivity index (χ1n) is 15.1. The van der Waals surface area contributed by atoms with E-state index in [9.17, 15) is 22.8 Å². The van der Waals surface area contributed by atoms with E-state index in [1.165, 1.54) is 22.5 Å². The Morgan fingerprint density at radius 2 is 1.80 bits per heavy atom. The number of aromatic amines is 1. The van der Waals surface area contributed by atoms with Gasteiger partial charge in [0.1, 0.15) is 22.7 Å². The lowest BCUT2D eigenvalue weighted by atomic mass is 9.70. The number of amides is 3. The number of para-hydroxylation sites is 1. The van der Waals surface area contributed by atoms with E-state index in [-0.39, 0.29) is 46.8 Å². The van der Waals surface area contributed by atoms with E-state index >= 15 is 0 Å². The minimum Gasteiger partial charge on any atom is -0.351 e. The molecule has 2 N–H and O–H groups in total. The van der Waals surface area contributed by atoms with Crippen molar-refractivity contribution in [3.05, 3.63) is 64.3 Å². The van der Waals surface area contributed by atoms with Crippen LogP contribution < -0.4 is 5.32 Å². The van der Waals surface area contributed by atoms with Crippen LogP contribution in [0.3, 0.4) is 0 Å². The van der Waals surface area contributed by atoms with Gasteiger partial charge in [0.15, 0.2) is 0 Å². The monoisotopic (exact) mass is 673 g/mol. The molecule has 1 unspecified atom stereocenters. The van der Waals surface area contributed by atoms with E-state index in [1.54, 1.807) is 15.9 Å². The number of hydrogen-bond donors (Lipinski definition) is 2. The Bertz CT molecular complexity index is 1770. The summed E-state index contributed by atoms with van der Waals surface area (Å²) in [6.45, 7) is 8.44. The topological polar surface area (TPSA) is 123 Å². The molecule has 0 spiro atoms. The van der Waals surface area contributed by atoms with Crippen molar-refractivity contribution >= 4 is 61.8 Å². The van der Waals surface area contributed by atoms with Crippen LogP contribution in [0.25, 0.3) is 10.9 Å². The predicted molar refractivity (Wildman–Crippen MR) is 173 cm³/mol. The van der Waals surface area contributed by atoms with Crippen molar-refractivity contribution in [1.82, 2.24) is 24.4 Å². The molecule has 0 bridgehead atoms. The number of piperazine rings is 1. The van der Waals surface area contributed by atoms with Gasteiger partial charge in [0, 0.05) is 35.6 Å². The molecule has 3 aliphatic rings. The van der Waals surface area contributed by atoms with Gasteiger partial charge in [-0.15, -0.1) is 0 Å². The largest absolute Gasteiger partial charge is 0.351 e. The Kier molecular flexibility index (Phi) is 7.99. The van der Waals surface area contributed by atoms with Gasteiger partial charge in [0.25, 0.3) is 5.91 Å². The molecule has 2 aromatic carbocycles. The number of halogens is 2. The summed E-state index contributed by atoms with van der Waals surface area (Å²) < 4.78 is 28.6. The zero-order valence-corrected chi connectivity index (χ0v) is 28.0. The third-order valence-corrected chi connectivity index (χ3v) is 12.1. The van der Waals surface area contributed by atoms with E-state index in [2.05, 4.69) is 10.3 Å². The minimum absolute atomic E-state index is 0.00831. The van der Waals surface area contributed by atoms with Crippen molar-refractivity contribution in [3.63, 3.8) is 0 Å². The zero-order chi connectivity index (χ0) is 32.5. The van der Waals surface area contributed by atoms with Gasteiger partial charge in [0.05, 0.1) is 16.6 Å². The second-order valence-corrected chi connectivity index (χ2v) is 16.2. The predicted octanol–water partition coefficient (Wildman–Crippen LogP) is 4.67. The maximum Gasteiger partial charge on any atom is 0.268 e. The van der Waals surface area contributed by atoms with E-state index in [0.29, 0.717) is 30.1 Å². The Morgan fingerprint density at radius 3 is 2.44 bits per heavy atom. The van der Waals surface area contributed by atoms with E-state index in [4.69, 9.17) is 23.2 Å². The highest BCUT2D eigenvalue weighted by Gasteiger charge is 2.66. The molecular formula is C32H37Cl2N5O5S. The Labute approximate surface area is 273 Å². The maximum atomic E-state index is 14.0. The number of rotatable bonds is 6. The standard InChI is InChI=1S/C32H37Cl2N5O5S/c1-31(2,3)27(36-28(40)23-15-19-9-5-6-10-22(19)35-23)30(42)38-17-26-32(38,4)18-37(26)29(41)24-11-7-8-14-39(24)45(43,44)25-13-12-20(33)16-21(25)34/h5-6,9-10,12-13,15-16,24,26-27,35H,7-8,11,14,17-18H2,1-4H3,(H,36,40)/t24?,26-,27-,32-/m1/s1. The number of carbonyl (C=O) groups is 3. The first-order chi connectivity index (χ1) is 21.1. The molecule has 3 aromatic rings. The van der Waals surface area contributed by atoms with Crippen LogP contribution in [0.5, 0.6) is 0 Å². The van der Waals surface area contributed by atoms with Crippen LogP contribution in [0.2, 0.25) is 10.0 Å². The molecule has 10 nitrogen and oxygen atoms in total. The number of benzene rings is 2. The number of nitrogens with zero attached hydrogens (tertiary/aromatic N) is 3. The van der Waals surface area contributed by atoms with Gasteiger partial charge in [0.2, 0.25) is 21.8 Å². The van der Waals surface area contributed by atoms with Crippen molar-refractivity contribution in [3.8, 4) is 0 Å². The van der Waals surface area contributed by atoms with Crippen LogP contribution in [0.15, 0.2) is 53.4 Å². The molecule has 13 heteroatoms. The summed E-state index contributed by atoms with van der Waals surface area (Å²) in [7, 11) is -4.06. The molecular weight excluding hydrogens is 637 g/mol. The van der Waals surface area contributed by atoms with Gasteiger partial charge in [-0.3, -0.25) is 14.4 Å².